The lowest BCUT2D eigenvalue weighted by Gasteiger charge is -2.17. The molecule has 1 N–H and O–H groups in total. The molecule has 3 rings (SSSR count). The van der Waals surface area contributed by atoms with Crippen molar-refractivity contribution in [3.63, 3.8) is 0 Å². The average molecular weight is 405 g/mol. The van der Waals surface area contributed by atoms with E-state index in [2.05, 4.69) is 5.32 Å². The molecule has 0 saturated carbocycles. The number of nitrogens with one attached hydrogen (secondary N) is 1. The second kappa shape index (κ2) is 10.9. The average Bonchev–Trinajstić information content (AvgIpc) is 2.77. The Bertz CT molecular complexity index is 925. The van der Waals surface area contributed by atoms with Crippen molar-refractivity contribution < 1.29 is 19.0 Å². The zero-order valence-corrected chi connectivity index (χ0v) is 17.3. The van der Waals surface area contributed by atoms with Crippen LogP contribution in [0.4, 0.5) is 5.69 Å². The van der Waals surface area contributed by atoms with Crippen LogP contribution in [0.5, 0.6) is 17.2 Å². The molecule has 0 aliphatic heterocycles. The lowest BCUT2D eigenvalue weighted by molar-refractivity contribution is -0.122. The first kappa shape index (κ1) is 21.2. The molecule has 0 saturated heterocycles. The molecule has 5 nitrogen and oxygen atoms in total. The number of hydrogen-bond acceptors (Lipinski definition) is 4. The van der Waals surface area contributed by atoms with Gasteiger partial charge in [0.15, 0.2) is 6.10 Å². The molecule has 0 fully saturated rings. The summed E-state index contributed by atoms with van der Waals surface area (Å²) in [6.07, 6.45) is 0.0143. The predicted molar refractivity (Wildman–Crippen MR) is 118 cm³/mol. The number of para-hydroxylation sites is 1. The fourth-order valence-corrected chi connectivity index (χ4v) is 2.87. The Morgan fingerprint density at radius 2 is 1.47 bits per heavy atom. The normalized spacial score (nSPS) is 11.4. The van der Waals surface area contributed by atoms with Gasteiger partial charge in [-0.15, -0.1) is 0 Å². The number of benzene rings is 3. The second-order valence-electron chi connectivity index (χ2n) is 6.85. The fourth-order valence-electron chi connectivity index (χ4n) is 2.87. The van der Waals surface area contributed by atoms with Gasteiger partial charge in [0.05, 0.1) is 0 Å². The van der Waals surface area contributed by atoms with Gasteiger partial charge in [0.1, 0.15) is 30.5 Å². The SMILES string of the molecule is CCC(Oc1cccc(C)c1)C(=O)Nc1ccc(OCCOc2ccccc2)cc1. The molecule has 0 aliphatic carbocycles. The van der Waals surface area contributed by atoms with Crippen LogP contribution in [0.15, 0.2) is 78.9 Å². The zero-order valence-electron chi connectivity index (χ0n) is 17.3. The Balaban J connectivity index is 1.46. The van der Waals surface area contributed by atoms with E-state index >= 15 is 0 Å². The molecule has 3 aromatic rings. The van der Waals surface area contributed by atoms with Crippen molar-refractivity contribution in [3.05, 3.63) is 84.4 Å². The first-order valence-corrected chi connectivity index (χ1v) is 10.1. The summed E-state index contributed by atoms with van der Waals surface area (Å²) in [5.74, 6) is 2.05. The summed E-state index contributed by atoms with van der Waals surface area (Å²) in [5.41, 5.74) is 1.78. The number of hydrogen-bond donors (Lipinski definition) is 1. The van der Waals surface area contributed by atoms with Crippen LogP contribution in [0.25, 0.3) is 0 Å². The predicted octanol–water partition coefficient (Wildman–Crippen LogP) is 5.25. The summed E-state index contributed by atoms with van der Waals surface area (Å²) in [7, 11) is 0. The maximum absolute atomic E-state index is 12.6. The highest BCUT2D eigenvalue weighted by atomic mass is 16.5. The van der Waals surface area contributed by atoms with Crippen molar-refractivity contribution in [2.45, 2.75) is 26.4 Å². The van der Waals surface area contributed by atoms with Crippen LogP contribution >= 0.6 is 0 Å². The van der Waals surface area contributed by atoms with Crippen LogP contribution < -0.4 is 19.5 Å². The van der Waals surface area contributed by atoms with Crippen molar-refractivity contribution in [1.29, 1.82) is 0 Å². The van der Waals surface area contributed by atoms with Gasteiger partial charge in [-0.2, -0.15) is 0 Å². The molecule has 1 unspecified atom stereocenters. The highest BCUT2D eigenvalue weighted by Crippen LogP contribution is 2.19. The molecule has 0 heterocycles. The monoisotopic (exact) mass is 405 g/mol. The molecule has 3 aromatic carbocycles. The molecule has 0 bridgehead atoms. The maximum atomic E-state index is 12.6. The summed E-state index contributed by atoms with van der Waals surface area (Å²) in [4.78, 5) is 12.6. The van der Waals surface area contributed by atoms with Gasteiger partial charge in [0.25, 0.3) is 5.91 Å². The Kier molecular flexibility index (Phi) is 7.72. The largest absolute Gasteiger partial charge is 0.490 e. The van der Waals surface area contributed by atoms with Gasteiger partial charge in [0, 0.05) is 5.69 Å². The Morgan fingerprint density at radius 1 is 0.833 bits per heavy atom. The molecule has 1 atom stereocenters. The number of amides is 1. The van der Waals surface area contributed by atoms with Crippen molar-refractivity contribution in [2.24, 2.45) is 0 Å². The molecule has 5 heteroatoms. The first-order valence-electron chi connectivity index (χ1n) is 10.1. The van der Waals surface area contributed by atoms with E-state index in [0.717, 1.165) is 11.3 Å². The van der Waals surface area contributed by atoms with Crippen molar-refractivity contribution >= 4 is 11.6 Å². The molecule has 30 heavy (non-hydrogen) atoms. The molecule has 0 aromatic heterocycles. The zero-order chi connectivity index (χ0) is 21.2. The van der Waals surface area contributed by atoms with Crippen LogP contribution in [-0.2, 0) is 4.79 Å². The minimum absolute atomic E-state index is 0.177. The van der Waals surface area contributed by atoms with E-state index in [1.807, 2.05) is 92.7 Å². The number of carbonyl (C=O) groups is 1. The van der Waals surface area contributed by atoms with Gasteiger partial charge >= 0.3 is 0 Å². The number of rotatable bonds is 10. The smallest absolute Gasteiger partial charge is 0.265 e. The minimum atomic E-state index is -0.558. The van der Waals surface area contributed by atoms with E-state index in [4.69, 9.17) is 14.2 Å². The van der Waals surface area contributed by atoms with Crippen molar-refractivity contribution in [3.8, 4) is 17.2 Å². The van der Waals surface area contributed by atoms with E-state index in [1.54, 1.807) is 0 Å². The van der Waals surface area contributed by atoms with Crippen molar-refractivity contribution in [1.82, 2.24) is 0 Å². The summed E-state index contributed by atoms with van der Waals surface area (Å²) < 4.78 is 17.1. The van der Waals surface area contributed by atoms with Gasteiger partial charge in [-0.05, 0) is 67.4 Å². The minimum Gasteiger partial charge on any atom is -0.490 e. The lowest BCUT2D eigenvalue weighted by Crippen LogP contribution is -2.32. The van der Waals surface area contributed by atoms with Gasteiger partial charge in [-0.3, -0.25) is 4.79 Å². The fraction of sp³-hybridized carbons (Fsp3) is 0.240. The molecule has 156 valence electrons. The van der Waals surface area contributed by atoms with Crippen LogP contribution in [-0.4, -0.2) is 25.2 Å². The number of ether oxygens (including phenoxy) is 3. The highest BCUT2D eigenvalue weighted by Gasteiger charge is 2.18. The van der Waals surface area contributed by atoms with Crippen LogP contribution in [0.3, 0.4) is 0 Å². The molecular weight excluding hydrogens is 378 g/mol. The topological polar surface area (TPSA) is 56.8 Å². The van der Waals surface area contributed by atoms with Crippen LogP contribution in [0.2, 0.25) is 0 Å². The van der Waals surface area contributed by atoms with E-state index in [0.29, 0.717) is 36.8 Å². The molecule has 0 radical (unpaired) electrons. The third kappa shape index (κ3) is 6.55. The van der Waals surface area contributed by atoms with Gasteiger partial charge < -0.3 is 19.5 Å². The third-order valence-corrected chi connectivity index (χ3v) is 4.42. The highest BCUT2D eigenvalue weighted by molar-refractivity contribution is 5.94. The summed E-state index contributed by atoms with van der Waals surface area (Å²) in [5, 5.41) is 2.90. The van der Waals surface area contributed by atoms with E-state index in [9.17, 15) is 4.79 Å². The maximum Gasteiger partial charge on any atom is 0.265 e. The first-order chi connectivity index (χ1) is 14.6. The molecular formula is C25H27NO4. The van der Waals surface area contributed by atoms with Gasteiger partial charge in [0.2, 0.25) is 0 Å². The number of anilines is 1. The van der Waals surface area contributed by atoms with Crippen LogP contribution in [0, 0.1) is 6.92 Å². The van der Waals surface area contributed by atoms with Gasteiger partial charge in [-0.1, -0.05) is 37.3 Å². The number of aryl methyl sites for hydroxylation is 1. The third-order valence-electron chi connectivity index (χ3n) is 4.42. The quantitative estimate of drug-likeness (QED) is 0.468. The summed E-state index contributed by atoms with van der Waals surface area (Å²) >= 11 is 0. The van der Waals surface area contributed by atoms with E-state index < -0.39 is 6.10 Å². The molecule has 1 amide bonds. The van der Waals surface area contributed by atoms with Crippen molar-refractivity contribution in [2.75, 3.05) is 18.5 Å². The Morgan fingerprint density at radius 3 is 2.10 bits per heavy atom. The van der Waals surface area contributed by atoms with E-state index in [-0.39, 0.29) is 5.91 Å². The van der Waals surface area contributed by atoms with E-state index in [1.165, 1.54) is 0 Å². The van der Waals surface area contributed by atoms with Gasteiger partial charge in [-0.25, -0.2) is 0 Å². The number of carbonyl (C=O) groups excluding carboxylic acids is 1. The molecule has 0 spiro atoms. The molecule has 0 aliphatic rings. The second-order valence-corrected chi connectivity index (χ2v) is 6.85. The lowest BCUT2D eigenvalue weighted by atomic mass is 10.2. The summed E-state index contributed by atoms with van der Waals surface area (Å²) in [6, 6.07) is 24.6. The Labute approximate surface area is 177 Å². The Hall–Kier alpha value is -3.47. The summed E-state index contributed by atoms with van der Waals surface area (Å²) in [6.45, 7) is 4.81. The van der Waals surface area contributed by atoms with Crippen LogP contribution in [0.1, 0.15) is 18.9 Å². The standard InChI is InChI=1S/C25H27NO4/c1-3-24(30-23-11-7-8-19(2)18-23)25(27)26-20-12-14-22(15-13-20)29-17-16-28-21-9-5-4-6-10-21/h4-15,18,24H,3,16-17H2,1-2H3,(H,26,27).